The fourth-order valence-electron chi connectivity index (χ4n) is 2.93. The first-order valence-electron chi connectivity index (χ1n) is 9.01. The van der Waals surface area contributed by atoms with Crippen molar-refractivity contribution in [1.82, 2.24) is 9.88 Å². The lowest BCUT2D eigenvalue weighted by molar-refractivity contribution is 0.199. The number of halogens is 1. The fourth-order valence-corrected chi connectivity index (χ4v) is 2.93. The van der Waals surface area contributed by atoms with Crippen molar-refractivity contribution in [2.45, 2.75) is 19.9 Å². The van der Waals surface area contributed by atoms with Gasteiger partial charge in [0.1, 0.15) is 5.82 Å². The molecule has 6 nitrogen and oxygen atoms in total. The van der Waals surface area contributed by atoms with Gasteiger partial charge in [-0.15, -0.1) is 0 Å². The van der Waals surface area contributed by atoms with Gasteiger partial charge < -0.3 is 20.3 Å². The van der Waals surface area contributed by atoms with Crippen LogP contribution in [-0.2, 0) is 6.54 Å². The van der Waals surface area contributed by atoms with Crippen molar-refractivity contribution in [2.75, 3.05) is 18.5 Å². The molecule has 3 aromatic rings. The third kappa shape index (κ3) is 4.75. The minimum absolute atomic E-state index is 0.0757. The van der Waals surface area contributed by atoms with Crippen LogP contribution in [0.15, 0.2) is 53.3 Å². The number of benzene rings is 2. The van der Waals surface area contributed by atoms with Crippen LogP contribution in [0, 0.1) is 12.7 Å². The highest BCUT2D eigenvalue weighted by atomic mass is 19.1. The number of carbonyl (C=O) groups excluding carboxylic acids is 1. The van der Waals surface area contributed by atoms with E-state index in [0.29, 0.717) is 17.7 Å². The first kappa shape index (κ1) is 19.6. The average Bonchev–Trinajstić information content (AvgIpc) is 2.67. The second kappa shape index (κ2) is 8.67. The minimum Gasteiger partial charge on any atom is -0.396 e. The number of pyridine rings is 1. The van der Waals surface area contributed by atoms with Crippen molar-refractivity contribution in [3.63, 3.8) is 0 Å². The molecule has 0 fully saturated rings. The lowest BCUT2D eigenvalue weighted by atomic mass is 10.1. The molecule has 1 heterocycles. The number of rotatable bonds is 6. The Morgan fingerprint density at radius 1 is 1.18 bits per heavy atom. The van der Waals surface area contributed by atoms with Crippen LogP contribution in [0.25, 0.3) is 10.9 Å². The molecular weight excluding hydrogens is 361 g/mol. The molecule has 0 saturated carbocycles. The Labute approximate surface area is 161 Å². The molecule has 0 aliphatic carbocycles. The Morgan fingerprint density at radius 3 is 2.64 bits per heavy atom. The van der Waals surface area contributed by atoms with Gasteiger partial charge in [-0.25, -0.2) is 9.18 Å². The predicted molar refractivity (Wildman–Crippen MR) is 107 cm³/mol. The Hall–Kier alpha value is -3.19. The molecule has 146 valence electrons. The highest BCUT2D eigenvalue weighted by molar-refractivity contribution is 5.89. The Morgan fingerprint density at radius 2 is 1.93 bits per heavy atom. The molecule has 7 heteroatoms. The van der Waals surface area contributed by atoms with Crippen molar-refractivity contribution in [3.8, 4) is 0 Å². The zero-order valence-corrected chi connectivity index (χ0v) is 15.5. The van der Waals surface area contributed by atoms with Crippen LogP contribution in [0.5, 0.6) is 0 Å². The molecule has 28 heavy (non-hydrogen) atoms. The summed E-state index contributed by atoms with van der Waals surface area (Å²) in [6, 6.07) is 12.5. The van der Waals surface area contributed by atoms with E-state index in [4.69, 9.17) is 5.11 Å². The number of hydrogen-bond donors (Lipinski definition) is 3. The average molecular weight is 383 g/mol. The Balaban J connectivity index is 1.83. The summed E-state index contributed by atoms with van der Waals surface area (Å²) in [5, 5.41) is 12.7. The number of amides is 2. The van der Waals surface area contributed by atoms with E-state index in [2.05, 4.69) is 10.3 Å². The summed E-state index contributed by atoms with van der Waals surface area (Å²) in [5.41, 5.74) is 2.42. The van der Waals surface area contributed by atoms with Crippen LogP contribution in [0.3, 0.4) is 0 Å². The predicted octanol–water partition coefficient (Wildman–Crippen LogP) is 3.39. The molecule has 2 aromatic carbocycles. The van der Waals surface area contributed by atoms with Crippen LogP contribution in [0.4, 0.5) is 14.9 Å². The summed E-state index contributed by atoms with van der Waals surface area (Å²) in [7, 11) is 0. The summed E-state index contributed by atoms with van der Waals surface area (Å²) in [4.78, 5) is 29.4. The van der Waals surface area contributed by atoms with E-state index in [1.165, 1.54) is 29.2 Å². The second-order valence-electron chi connectivity index (χ2n) is 6.65. The van der Waals surface area contributed by atoms with Crippen molar-refractivity contribution in [3.05, 3.63) is 75.8 Å². The standard InChI is InChI=1S/C21H22FN3O3/c1-14-3-4-15-12-16(20(27)24-19(15)11-14)13-25(9-2-10-26)21(28)23-18-7-5-17(22)6-8-18/h3-8,11-12,26H,2,9-10,13H2,1H3,(H,23,28)(H,24,27). The Kier molecular flexibility index (Phi) is 6.06. The van der Waals surface area contributed by atoms with Crippen LogP contribution in [0.2, 0.25) is 0 Å². The molecule has 3 N–H and O–H groups in total. The number of aliphatic hydroxyl groups is 1. The highest BCUT2D eigenvalue weighted by Crippen LogP contribution is 2.15. The number of aryl methyl sites for hydroxylation is 1. The van der Waals surface area contributed by atoms with Gasteiger partial charge in [-0.05, 0) is 60.7 Å². The number of carbonyl (C=O) groups is 1. The zero-order chi connectivity index (χ0) is 20.1. The van der Waals surface area contributed by atoms with E-state index >= 15 is 0 Å². The van der Waals surface area contributed by atoms with Gasteiger partial charge in [-0.1, -0.05) is 12.1 Å². The van der Waals surface area contributed by atoms with Gasteiger partial charge in [0.05, 0.1) is 6.54 Å². The number of anilines is 1. The molecule has 0 aliphatic rings. The SMILES string of the molecule is Cc1ccc2cc(CN(CCCO)C(=O)Nc3ccc(F)cc3)c(=O)[nH]c2c1. The Bertz CT molecular complexity index is 1030. The number of nitrogens with zero attached hydrogens (tertiary/aromatic N) is 1. The molecule has 0 spiro atoms. The summed E-state index contributed by atoms with van der Waals surface area (Å²) in [6.45, 7) is 2.23. The molecule has 0 bridgehead atoms. The van der Waals surface area contributed by atoms with Crippen molar-refractivity contribution >= 4 is 22.6 Å². The summed E-state index contributed by atoms with van der Waals surface area (Å²) < 4.78 is 13.0. The number of H-pyrrole nitrogens is 1. The molecule has 2 amide bonds. The van der Waals surface area contributed by atoms with E-state index in [9.17, 15) is 14.0 Å². The maximum absolute atomic E-state index is 13.0. The van der Waals surface area contributed by atoms with Gasteiger partial charge in [0, 0.05) is 29.9 Å². The van der Waals surface area contributed by atoms with Gasteiger partial charge in [0.2, 0.25) is 0 Å². The number of aromatic amines is 1. The number of fused-ring (bicyclic) bond motifs is 1. The van der Waals surface area contributed by atoms with E-state index in [1.54, 1.807) is 6.07 Å². The topological polar surface area (TPSA) is 85.4 Å². The molecular formula is C21H22FN3O3. The van der Waals surface area contributed by atoms with Gasteiger partial charge in [-0.2, -0.15) is 0 Å². The van der Waals surface area contributed by atoms with E-state index in [1.807, 2.05) is 25.1 Å². The third-order valence-electron chi connectivity index (χ3n) is 4.41. The minimum atomic E-state index is -0.427. The largest absolute Gasteiger partial charge is 0.396 e. The van der Waals surface area contributed by atoms with E-state index < -0.39 is 11.8 Å². The smallest absolute Gasteiger partial charge is 0.322 e. The number of urea groups is 1. The number of aromatic nitrogens is 1. The van der Waals surface area contributed by atoms with Crippen LogP contribution >= 0.6 is 0 Å². The van der Waals surface area contributed by atoms with E-state index in [-0.39, 0.29) is 25.3 Å². The monoisotopic (exact) mass is 383 g/mol. The van der Waals surface area contributed by atoms with Gasteiger partial charge >= 0.3 is 6.03 Å². The first-order chi connectivity index (χ1) is 13.5. The summed E-state index contributed by atoms with van der Waals surface area (Å²) in [6.07, 6.45) is 0.377. The molecule has 0 saturated heterocycles. The first-order valence-corrected chi connectivity index (χ1v) is 9.01. The maximum Gasteiger partial charge on any atom is 0.322 e. The van der Waals surface area contributed by atoms with E-state index in [0.717, 1.165) is 16.5 Å². The molecule has 0 unspecified atom stereocenters. The lowest BCUT2D eigenvalue weighted by Gasteiger charge is -2.23. The number of hydrogen-bond acceptors (Lipinski definition) is 3. The van der Waals surface area contributed by atoms with Crippen LogP contribution in [0.1, 0.15) is 17.5 Å². The van der Waals surface area contributed by atoms with Crippen LogP contribution in [-0.4, -0.2) is 34.2 Å². The van der Waals surface area contributed by atoms with Crippen molar-refractivity contribution < 1.29 is 14.3 Å². The van der Waals surface area contributed by atoms with Gasteiger partial charge in [0.25, 0.3) is 5.56 Å². The summed E-state index contributed by atoms with van der Waals surface area (Å²) >= 11 is 0. The molecule has 0 radical (unpaired) electrons. The second-order valence-corrected chi connectivity index (χ2v) is 6.65. The lowest BCUT2D eigenvalue weighted by Crippen LogP contribution is -2.37. The fraction of sp³-hybridized carbons (Fsp3) is 0.238. The van der Waals surface area contributed by atoms with Gasteiger partial charge in [0.15, 0.2) is 0 Å². The van der Waals surface area contributed by atoms with Crippen molar-refractivity contribution in [2.24, 2.45) is 0 Å². The van der Waals surface area contributed by atoms with Crippen LogP contribution < -0.4 is 10.9 Å². The highest BCUT2D eigenvalue weighted by Gasteiger charge is 2.16. The normalized spacial score (nSPS) is 10.8. The maximum atomic E-state index is 13.0. The molecule has 3 rings (SSSR count). The molecule has 0 atom stereocenters. The quantitative estimate of drug-likeness (QED) is 0.610. The third-order valence-corrected chi connectivity index (χ3v) is 4.41. The number of nitrogens with one attached hydrogen (secondary N) is 2. The number of aliphatic hydroxyl groups excluding tert-OH is 1. The summed E-state index contributed by atoms with van der Waals surface area (Å²) in [5.74, 6) is -0.395. The van der Waals surface area contributed by atoms with Crippen molar-refractivity contribution in [1.29, 1.82) is 0 Å². The molecule has 1 aromatic heterocycles. The zero-order valence-electron chi connectivity index (χ0n) is 15.5. The molecule has 0 aliphatic heterocycles. The van der Waals surface area contributed by atoms with Gasteiger partial charge in [-0.3, -0.25) is 4.79 Å².